The van der Waals surface area contributed by atoms with Crippen LogP contribution in [0, 0.1) is 5.92 Å². The fourth-order valence-corrected chi connectivity index (χ4v) is 3.82. The van der Waals surface area contributed by atoms with Gasteiger partial charge in [-0.2, -0.15) is 0 Å². The van der Waals surface area contributed by atoms with E-state index in [1.54, 1.807) is 0 Å². The Bertz CT molecular complexity index is 982. The molecule has 1 saturated heterocycles. The van der Waals surface area contributed by atoms with Crippen molar-refractivity contribution in [2.75, 3.05) is 18.4 Å². The Morgan fingerprint density at radius 3 is 2.37 bits per heavy atom. The summed E-state index contributed by atoms with van der Waals surface area (Å²) in [6.45, 7) is 0.526. The highest BCUT2D eigenvalue weighted by Gasteiger charge is 2.40. The third-order valence-corrected chi connectivity index (χ3v) is 5.20. The molecule has 1 fully saturated rings. The van der Waals surface area contributed by atoms with E-state index in [4.69, 9.17) is 0 Å². The number of rotatable bonds is 3. The molecular weight excluding hydrogens is 340 g/mol. The number of nitrogens with one attached hydrogen (secondary N) is 1. The van der Waals surface area contributed by atoms with Crippen LogP contribution in [0.4, 0.5) is 10.5 Å². The smallest absolute Gasteiger partial charge is 0.407 e. The zero-order valence-corrected chi connectivity index (χ0v) is 14.7. The van der Waals surface area contributed by atoms with Gasteiger partial charge in [0.25, 0.3) is 0 Å². The van der Waals surface area contributed by atoms with Gasteiger partial charge in [-0.25, -0.2) is 4.79 Å². The molecule has 5 nitrogen and oxygen atoms in total. The van der Waals surface area contributed by atoms with Gasteiger partial charge >= 0.3 is 6.09 Å². The summed E-state index contributed by atoms with van der Waals surface area (Å²) in [5.41, 5.74) is 1.73. The normalized spacial score (nSPS) is 19.2. The molecular formula is C22H20N2O3. The first kappa shape index (κ1) is 17.1. The summed E-state index contributed by atoms with van der Waals surface area (Å²) in [5, 5.41) is 14.4. The molecule has 3 aromatic carbocycles. The molecule has 0 unspecified atom stereocenters. The van der Waals surface area contributed by atoms with Crippen LogP contribution in [-0.4, -0.2) is 35.1 Å². The van der Waals surface area contributed by atoms with Crippen molar-refractivity contribution in [1.82, 2.24) is 4.90 Å². The number of benzene rings is 3. The first-order chi connectivity index (χ1) is 13.1. The average molecular weight is 360 g/mol. The Hall–Kier alpha value is -3.34. The van der Waals surface area contributed by atoms with E-state index in [1.165, 1.54) is 4.90 Å². The summed E-state index contributed by atoms with van der Waals surface area (Å²) >= 11 is 0. The second kappa shape index (κ2) is 7.11. The molecule has 0 bridgehead atoms. The van der Waals surface area contributed by atoms with Gasteiger partial charge in [-0.1, -0.05) is 66.7 Å². The molecule has 0 radical (unpaired) electrons. The molecule has 2 amide bonds. The molecule has 4 rings (SSSR count). The molecule has 1 aliphatic heterocycles. The number of carbonyl (C=O) groups is 2. The highest BCUT2D eigenvalue weighted by molar-refractivity contribution is 6.03. The Labute approximate surface area is 157 Å². The maximum Gasteiger partial charge on any atom is 0.407 e. The average Bonchev–Trinajstić information content (AvgIpc) is 3.15. The van der Waals surface area contributed by atoms with Crippen LogP contribution in [0.5, 0.6) is 0 Å². The number of hydrogen-bond acceptors (Lipinski definition) is 2. The minimum Gasteiger partial charge on any atom is -0.465 e. The number of likely N-dealkylation sites (tertiary alicyclic amines) is 1. The number of amides is 2. The molecule has 5 heteroatoms. The summed E-state index contributed by atoms with van der Waals surface area (Å²) in [5.74, 6) is -0.733. The van der Waals surface area contributed by atoms with Crippen LogP contribution >= 0.6 is 0 Å². The Kier molecular flexibility index (Phi) is 4.50. The zero-order chi connectivity index (χ0) is 18.8. The van der Waals surface area contributed by atoms with E-state index < -0.39 is 12.0 Å². The van der Waals surface area contributed by atoms with Gasteiger partial charge in [0.05, 0.1) is 5.92 Å². The van der Waals surface area contributed by atoms with E-state index >= 15 is 0 Å². The van der Waals surface area contributed by atoms with Crippen LogP contribution < -0.4 is 5.32 Å². The van der Waals surface area contributed by atoms with Crippen LogP contribution in [-0.2, 0) is 4.79 Å². The minimum absolute atomic E-state index is 0.149. The zero-order valence-electron chi connectivity index (χ0n) is 14.7. The van der Waals surface area contributed by atoms with Crippen molar-refractivity contribution >= 4 is 28.5 Å². The number of carboxylic acid groups (broad SMARTS) is 1. The molecule has 2 N–H and O–H groups in total. The van der Waals surface area contributed by atoms with E-state index in [0.29, 0.717) is 6.54 Å². The highest BCUT2D eigenvalue weighted by atomic mass is 16.4. The Morgan fingerprint density at radius 1 is 0.889 bits per heavy atom. The molecule has 2 atom stereocenters. The molecule has 0 aliphatic carbocycles. The predicted molar refractivity (Wildman–Crippen MR) is 105 cm³/mol. The number of nitrogens with zero attached hydrogens (tertiary/aromatic N) is 1. The molecule has 136 valence electrons. The number of anilines is 1. The summed E-state index contributed by atoms with van der Waals surface area (Å²) in [7, 11) is 0. The van der Waals surface area contributed by atoms with Gasteiger partial charge < -0.3 is 15.3 Å². The fourth-order valence-electron chi connectivity index (χ4n) is 3.82. The molecule has 27 heavy (non-hydrogen) atoms. The van der Waals surface area contributed by atoms with Gasteiger partial charge in [-0.3, -0.25) is 4.79 Å². The second-order valence-electron chi connectivity index (χ2n) is 6.83. The van der Waals surface area contributed by atoms with Gasteiger partial charge in [0, 0.05) is 30.1 Å². The third kappa shape index (κ3) is 3.36. The van der Waals surface area contributed by atoms with E-state index in [9.17, 15) is 14.7 Å². The van der Waals surface area contributed by atoms with E-state index in [2.05, 4.69) is 5.32 Å². The summed E-state index contributed by atoms with van der Waals surface area (Å²) in [6.07, 6.45) is -0.989. The lowest BCUT2D eigenvalue weighted by Crippen LogP contribution is -2.30. The topological polar surface area (TPSA) is 69.6 Å². The van der Waals surface area contributed by atoms with Crippen molar-refractivity contribution in [3.8, 4) is 0 Å². The summed E-state index contributed by atoms with van der Waals surface area (Å²) in [4.78, 5) is 25.9. The Morgan fingerprint density at radius 2 is 1.59 bits per heavy atom. The van der Waals surface area contributed by atoms with E-state index in [1.807, 2.05) is 72.8 Å². The van der Waals surface area contributed by atoms with Gasteiger partial charge in [0.2, 0.25) is 5.91 Å². The third-order valence-electron chi connectivity index (χ3n) is 5.20. The molecule has 0 spiro atoms. The van der Waals surface area contributed by atoms with E-state index in [0.717, 1.165) is 22.0 Å². The summed E-state index contributed by atoms with van der Waals surface area (Å²) in [6, 6.07) is 23.3. The first-order valence-corrected chi connectivity index (χ1v) is 8.95. The van der Waals surface area contributed by atoms with Crippen LogP contribution in [0.15, 0.2) is 72.8 Å². The maximum absolute atomic E-state index is 13.1. The standard InChI is InChI=1S/C22H20N2O3/c25-21(23-20-12-6-10-15-9-4-5-11-17(15)20)19-14-24(22(26)27)13-18(19)16-7-2-1-3-8-16/h1-12,18-19H,13-14H2,(H,23,25)(H,26,27)/t18-,19+/m1/s1. The number of hydrogen-bond donors (Lipinski definition) is 2. The predicted octanol–water partition coefficient (Wildman–Crippen LogP) is 4.17. The largest absolute Gasteiger partial charge is 0.465 e. The Balaban J connectivity index is 1.63. The lowest BCUT2D eigenvalue weighted by molar-refractivity contribution is -0.119. The summed E-state index contributed by atoms with van der Waals surface area (Å²) < 4.78 is 0. The molecule has 3 aromatic rings. The minimum atomic E-state index is -0.989. The van der Waals surface area contributed by atoms with Crippen LogP contribution in [0.25, 0.3) is 10.8 Å². The van der Waals surface area contributed by atoms with Crippen LogP contribution in [0.1, 0.15) is 11.5 Å². The van der Waals surface area contributed by atoms with Crippen molar-refractivity contribution in [2.45, 2.75) is 5.92 Å². The van der Waals surface area contributed by atoms with Crippen molar-refractivity contribution in [2.24, 2.45) is 5.92 Å². The lowest BCUT2D eigenvalue weighted by atomic mass is 9.88. The SMILES string of the molecule is O=C(Nc1cccc2ccccc12)[C@H]1CN(C(=O)O)C[C@@H]1c1ccccc1. The van der Waals surface area contributed by atoms with Gasteiger partial charge in [-0.15, -0.1) is 0 Å². The fraction of sp³-hybridized carbons (Fsp3) is 0.182. The maximum atomic E-state index is 13.1. The number of carbonyl (C=O) groups excluding carboxylic acids is 1. The van der Waals surface area contributed by atoms with Gasteiger partial charge in [0.15, 0.2) is 0 Å². The van der Waals surface area contributed by atoms with Crippen molar-refractivity contribution in [3.05, 3.63) is 78.4 Å². The molecule has 1 heterocycles. The van der Waals surface area contributed by atoms with Crippen molar-refractivity contribution in [1.29, 1.82) is 0 Å². The quantitative estimate of drug-likeness (QED) is 0.736. The lowest BCUT2D eigenvalue weighted by Gasteiger charge is -2.18. The van der Waals surface area contributed by atoms with Crippen molar-refractivity contribution in [3.63, 3.8) is 0 Å². The molecule has 0 saturated carbocycles. The first-order valence-electron chi connectivity index (χ1n) is 8.95. The van der Waals surface area contributed by atoms with Gasteiger partial charge in [-0.05, 0) is 17.0 Å². The monoisotopic (exact) mass is 360 g/mol. The number of fused-ring (bicyclic) bond motifs is 1. The molecule has 1 aliphatic rings. The van der Waals surface area contributed by atoms with Gasteiger partial charge in [0.1, 0.15) is 0 Å². The highest BCUT2D eigenvalue weighted by Crippen LogP contribution is 2.34. The van der Waals surface area contributed by atoms with Crippen molar-refractivity contribution < 1.29 is 14.7 Å². The second-order valence-corrected chi connectivity index (χ2v) is 6.83. The van der Waals surface area contributed by atoms with E-state index in [-0.39, 0.29) is 18.4 Å². The van der Waals surface area contributed by atoms with Crippen LogP contribution in [0.3, 0.4) is 0 Å². The molecule has 0 aromatic heterocycles. The van der Waals surface area contributed by atoms with Crippen LogP contribution in [0.2, 0.25) is 0 Å².